The SMILES string of the molecule is Cc1ccn(-c2nccs2)c(=O)c1. The van der Waals surface area contributed by atoms with Crippen LogP contribution < -0.4 is 5.56 Å². The molecule has 0 bridgehead atoms. The molecule has 0 spiro atoms. The number of rotatable bonds is 1. The number of hydrogen-bond donors (Lipinski definition) is 0. The summed E-state index contributed by atoms with van der Waals surface area (Å²) in [6.45, 7) is 1.90. The highest BCUT2D eigenvalue weighted by molar-refractivity contribution is 7.12. The summed E-state index contributed by atoms with van der Waals surface area (Å²) < 4.78 is 1.54. The summed E-state index contributed by atoms with van der Waals surface area (Å²) in [6.07, 6.45) is 3.43. The Labute approximate surface area is 79.3 Å². The molecule has 2 aromatic heterocycles. The lowest BCUT2D eigenvalue weighted by Gasteiger charge is -1.99. The van der Waals surface area contributed by atoms with E-state index < -0.39 is 0 Å². The fourth-order valence-corrected chi connectivity index (χ4v) is 1.70. The lowest BCUT2D eigenvalue weighted by atomic mass is 10.3. The van der Waals surface area contributed by atoms with Crippen LogP contribution in [0.5, 0.6) is 0 Å². The fraction of sp³-hybridized carbons (Fsp3) is 0.111. The second kappa shape index (κ2) is 3.14. The van der Waals surface area contributed by atoms with Gasteiger partial charge in [-0.3, -0.25) is 9.36 Å². The van der Waals surface area contributed by atoms with E-state index in [1.54, 1.807) is 18.5 Å². The first-order valence-corrected chi connectivity index (χ1v) is 4.74. The molecule has 2 heterocycles. The third kappa shape index (κ3) is 1.53. The average molecular weight is 192 g/mol. The zero-order valence-electron chi connectivity index (χ0n) is 7.10. The first-order valence-electron chi connectivity index (χ1n) is 3.86. The van der Waals surface area contributed by atoms with Crippen molar-refractivity contribution in [1.82, 2.24) is 9.55 Å². The van der Waals surface area contributed by atoms with E-state index in [2.05, 4.69) is 4.98 Å². The highest BCUT2D eigenvalue weighted by Crippen LogP contribution is 2.07. The smallest absolute Gasteiger partial charge is 0.257 e. The Morgan fingerprint density at radius 2 is 2.38 bits per heavy atom. The molecule has 13 heavy (non-hydrogen) atoms. The van der Waals surface area contributed by atoms with Crippen molar-refractivity contribution in [2.75, 3.05) is 0 Å². The fourth-order valence-electron chi connectivity index (χ4n) is 1.07. The molecule has 0 radical (unpaired) electrons. The van der Waals surface area contributed by atoms with Crippen molar-refractivity contribution in [3.8, 4) is 5.13 Å². The summed E-state index contributed by atoms with van der Waals surface area (Å²) in [7, 11) is 0. The Hall–Kier alpha value is -1.42. The average Bonchev–Trinajstić information content (AvgIpc) is 2.56. The van der Waals surface area contributed by atoms with Crippen LogP contribution in [0.25, 0.3) is 5.13 Å². The second-order valence-electron chi connectivity index (χ2n) is 2.73. The van der Waals surface area contributed by atoms with Crippen molar-refractivity contribution in [2.45, 2.75) is 6.92 Å². The molecular formula is C9H8N2OS. The molecule has 0 aliphatic carbocycles. The van der Waals surface area contributed by atoms with Crippen molar-refractivity contribution in [2.24, 2.45) is 0 Å². The minimum Gasteiger partial charge on any atom is -0.269 e. The van der Waals surface area contributed by atoms with E-state index >= 15 is 0 Å². The van der Waals surface area contributed by atoms with E-state index in [0.717, 1.165) is 5.56 Å². The molecule has 0 aliphatic rings. The molecule has 0 unspecified atom stereocenters. The lowest BCUT2D eigenvalue weighted by Crippen LogP contribution is -2.16. The van der Waals surface area contributed by atoms with Gasteiger partial charge in [-0.1, -0.05) is 0 Å². The zero-order valence-corrected chi connectivity index (χ0v) is 7.91. The minimum atomic E-state index is -0.0325. The van der Waals surface area contributed by atoms with Gasteiger partial charge < -0.3 is 0 Å². The predicted octanol–water partition coefficient (Wildman–Crippen LogP) is 1.60. The van der Waals surface area contributed by atoms with Gasteiger partial charge in [0.05, 0.1) is 0 Å². The van der Waals surface area contributed by atoms with E-state index in [1.807, 2.05) is 18.4 Å². The summed E-state index contributed by atoms with van der Waals surface area (Å²) in [4.78, 5) is 15.5. The first kappa shape index (κ1) is 8.19. The first-order chi connectivity index (χ1) is 6.27. The molecule has 2 aromatic rings. The van der Waals surface area contributed by atoms with E-state index in [1.165, 1.54) is 15.9 Å². The molecule has 3 nitrogen and oxygen atoms in total. The van der Waals surface area contributed by atoms with Crippen molar-refractivity contribution in [3.05, 3.63) is 45.8 Å². The van der Waals surface area contributed by atoms with E-state index in [0.29, 0.717) is 5.13 Å². The van der Waals surface area contributed by atoms with Gasteiger partial charge in [0.2, 0.25) is 0 Å². The highest BCUT2D eigenvalue weighted by atomic mass is 32.1. The zero-order chi connectivity index (χ0) is 9.26. The molecule has 0 saturated carbocycles. The van der Waals surface area contributed by atoms with Gasteiger partial charge in [-0.25, -0.2) is 4.98 Å². The third-order valence-corrected chi connectivity index (χ3v) is 2.47. The molecule has 4 heteroatoms. The molecule has 0 N–H and O–H groups in total. The molecule has 0 atom stereocenters. The predicted molar refractivity (Wildman–Crippen MR) is 52.4 cm³/mol. The summed E-state index contributed by atoms with van der Waals surface area (Å²) in [5, 5.41) is 2.56. The maximum Gasteiger partial charge on any atom is 0.257 e. The molecule has 0 fully saturated rings. The van der Waals surface area contributed by atoms with Crippen molar-refractivity contribution in [1.29, 1.82) is 0 Å². The minimum absolute atomic E-state index is 0.0325. The van der Waals surface area contributed by atoms with E-state index in [4.69, 9.17) is 0 Å². The number of thiazole rings is 1. The van der Waals surface area contributed by atoms with Crippen LogP contribution in [0.1, 0.15) is 5.56 Å². The van der Waals surface area contributed by atoms with Crippen molar-refractivity contribution < 1.29 is 0 Å². The normalized spacial score (nSPS) is 10.2. The Morgan fingerprint density at radius 1 is 1.54 bits per heavy atom. The van der Waals surface area contributed by atoms with Gasteiger partial charge in [0, 0.05) is 23.8 Å². The van der Waals surface area contributed by atoms with Gasteiger partial charge in [-0.15, -0.1) is 11.3 Å². The Morgan fingerprint density at radius 3 is 3.00 bits per heavy atom. The second-order valence-corrected chi connectivity index (χ2v) is 3.60. The van der Waals surface area contributed by atoms with Crippen LogP contribution >= 0.6 is 11.3 Å². The standard InChI is InChI=1S/C9H8N2OS/c1-7-2-4-11(8(12)6-7)9-10-3-5-13-9/h2-6H,1H3. The summed E-state index contributed by atoms with van der Waals surface area (Å²) in [6, 6.07) is 3.49. The maximum absolute atomic E-state index is 11.5. The highest BCUT2D eigenvalue weighted by Gasteiger charge is 2.00. The van der Waals surface area contributed by atoms with Gasteiger partial charge >= 0.3 is 0 Å². The summed E-state index contributed by atoms with van der Waals surface area (Å²) in [5.74, 6) is 0. The van der Waals surface area contributed by atoms with Crippen LogP contribution in [0.3, 0.4) is 0 Å². The van der Waals surface area contributed by atoms with Crippen molar-refractivity contribution in [3.63, 3.8) is 0 Å². The molecule has 0 aliphatic heterocycles. The van der Waals surface area contributed by atoms with Gasteiger partial charge in [0.1, 0.15) is 0 Å². The number of hydrogen-bond acceptors (Lipinski definition) is 3. The Bertz CT molecular complexity index is 459. The Balaban J connectivity index is 2.60. The summed E-state index contributed by atoms with van der Waals surface area (Å²) >= 11 is 1.45. The van der Waals surface area contributed by atoms with Crippen LogP contribution in [0.2, 0.25) is 0 Å². The topological polar surface area (TPSA) is 34.9 Å². The van der Waals surface area contributed by atoms with Crippen LogP contribution in [0.4, 0.5) is 0 Å². The van der Waals surface area contributed by atoms with Crippen LogP contribution in [0.15, 0.2) is 34.7 Å². The monoisotopic (exact) mass is 192 g/mol. The molecule has 66 valence electrons. The van der Waals surface area contributed by atoms with E-state index in [9.17, 15) is 4.79 Å². The molecule has 0 amide bonds. The lowest BCUT2D eigenvalue weighted by molar-refractivity contribution is 0.965. The quantitative estimate of drug-likeness (QED) is 0.688. The maximum atomic E-state index is 11.5. The molecule has 0 saturated heterocycles. The van der Waals surface area contributed by atoms with Crippen molar-refractivity contribution >= 4 is 11.3 Å². The number of nitrogens with zero attached hydrogens (tertiary/aromatic N) is 2. The van der Waals surface area contributed by atoms with Gasteiger partial charge in [0.15, 0.2) is 5.13 Å². The Kier molecular flexibility index (Phi) is 1.98. The molecule has 0 aromatic carbocycles. The third-order valence-electron chi connectivity index (χ3n) is 1.70. The number of pyridine rings is 1. The molecular weight excluding hydrogens is 184 g/mol. The van der Waals surface area contributed by atoms with Gasteiger partial charge in [-0.05, 0) is 18.6 Å². The molecule has 2 rings (SSSR count). The van der Waals surface area contributed by atoms with Gasteiger partial charge in [0.25, 0.3) is 5.56 Å². The number of aromatic nitrogens is 2. The largest absolute Gasteiger partial charge is 0.269 e. The van der Waals surface area contributed by atoms with Crippen LogP contribution in [-0.2, 0) is 0 Å². The van der Waals surface area contributed by atoms with Crippen LogP contribution in [0, 0.1) is 6.92 Å². The van der Waals surface area contributed by atoms with Crippen LogP contribution in [-0.4, -0.2) is 9.55 Å². The summed E-state index contributed by atoms with van der Waals surface area (Å²) in [5.41, 5.74) is 0.938. The van der Waals surface area contributed by atoms with E-state index in [-0.39, 0.29) is 5.56 Å². The number of aryl methyl sites for hydroxylation is 1. The van der Waals surface area contributed by atoms with Gasteiger partial charge in [-0.2, -0.15) is 0 Å².